The molecule has 10 atom stereocenters. The van der Waals surface area contributed by atoms with Crippen molar-refractivity contribution < 1.29 is 19.4 Å². The summed E-state index contributed by atoms with van der Waals surface area (Å²) < 4.78 is 4.95. The van der Waals surface area contributed by atoms with Gasteiger partial charge in [-0.25, -0.2) is 0 Å². The van der Waals surface area contributed by atoms with Crippen LogP contribution in [0.25, 0.3) is 0 Å². The second-order valence-corrected chi connectivity index (χ2v) is 11.7. The van der Waals surface area contributed by atoms with E-state index in [-0.39, 0.29) is 34.7 Å². The Labute approximate surface area is 182 Å². The van der Waals surface area contributed by atoms with Crippen molar-refractivity contribution in [3.8, 4) is 0 Å². The van der Waals surface area contributed by atoms with Crippen molar-refractivity contribution in [3.63, 3.8) is 0 Å². The van der Waals surface area contributed by atoms with Crippen LogP contribution >= 0.6 is 0 Å². The van der Waals surface area contributed by atoms with Gasteiger partial charge in [-0.15, -0.1) is 0 Å². The molecule has 4 aliphatic rings. The molecule has 30 heavy (non-hydrogen) atoms. The Hall–Kier alpha value is -0.900. The Bertz CT molecular complexity index is 689. The van der Waals surface area contributed by atoms with Crippen LogP contribution in [0.4, 0.5) is 0 Å². The van der Waals surface area contributed by atoms with E-state index in [2.05, 4.69) is 27.7 Å². The van der Waals surface area contributed by atoms with Crippen molar-refractivity contribution >= 4 is 11.8 Å². The molecular weight excluding hydrogens is 376 g/mol. The Morgan fingerprint density at radius 2 is 1.77 bits per heavy atom. The molecule has 0 saturated heterocycles. The number of ether oxygens (including phenoxy) is 1. The molecule has 4 fully saturated rings. The molecule has 0 spiro atoms. The van der Waals surface area contributed by atoms with Crippen molar-refractivity contribution in [2.45, 2.75) is 91.6 Å². The second-order valence-electron chi connectivity index (χ2n) is 11.7. The molecular formula is C26H42O4. The van der Waals surface area contributed by atoms with Crippen LogP contribution in [0.3, 0.4) is 0 Å². The summed E-state index contributed by atoms with van der Waals surface area (Å²) in [7, 11) is 1.48. The number of rotatable bonds is 4. The molecule has 1 N–H and O–H groups in total. The lowest BCUT2D eigenvalue weighted by Gasteiger charge is -2.62. The van der Waals surface area contributed by atoms with E-state index >= 15 is 0 Å². The highest BCUT2D eigenvalue weighted by Gasteiger charge is 2.65. The van der Waals surface area contributed by atoms with Gasteiger partial charge in [-0.05, 0) is 91.8 Å². The lowest BCUT2D eigenvalue weighted by Crippen LogP contribution is -2.60. The SMILES string of the molecule is CCC1C(=O)C2C3CCC(C(C)CC(=O)OC)C3(C)CCC2C2(C)CCC(O)CC12. The predicted octanol–water partition coefficient (Wildman–Crippen LogP) is 5.02. The van der Waals surface area contributed by atoms with Crippen LogP contribution in [0.15, 0.2) is 0 Å². The van der Waals surface area contributed by atoms with Crippen LogP contribution in [0, 0.1) is 52.3 Å². The van der Waals surface area contributed by atoms with Crippen LogP contribution in [0.1, 0.15) is 85.5 Å². The van der Waals surface area contributed by atoms with Gasteiger partial charge in [0.2, 0.25) is 0 Å². The molecule has 0 amide bonds. The number of aliphatic hydroxyl groups excluding tert-OH is 1. The van der Waals surface area contributed by atoms with Crippen molar-refractivity contribution in [2.75, 3.05) is 7.11 Å². The van der Waals surface area contributed by atoms with Gasteiger partial charge in [-0.1, -0.05) is 27.7 Å². The van der Waals surface area contributed by atoms with E-state index in [4.69, 9.17) is 4.74 Å². The number of Topliss-reactive ketones (excluding diaryl/α,β-unsaturated/α-hetero) is 1. The summed E-state index contributed by atoms with van der Waals surface area (Å²) in [6, 6.07) is 0. The fourth-order valence-corrected chi connectivity index (χ4v) is 9.10. The molecule has 10 unspecified atom stereocenters. The Balaban J connectivity index is 1.64. The topological polar surface area (TPSA) is 63.6 Å². The van der Waals surface area contributed by atoms with E-state index in [9.17, 15) is 14.7 Å². The van der Waals surface area contributed by atoms with Crippen LogP contribution < -0.4 is 0 Å². The largest absolute Gasteiger partial charge is 0.469 e. The first-order valence-electron chi connectivity index (χ1n) is 12.5. The van der Waals surface area contributed by atoms with Crippen molar-refractivity contribution in [3.05, 3.63) is 0 Å². The lowest BCUT2D eigenvalue weighted by molar-refractivity contribution is -0.173. The Morgan fingerprint density at radius 1 is 1.10 bits per heavy atom. The summed E-state index contributed by atoms with van der Waals surface area (Å²) in [5.41, 5.74) is 0.343. The number of esters is 1. The smallest absolute Gasteiger partial charge is 0.305 e. The number of methoxy groups -OCH3 is 1. The third-order valence-electron chi connectivity index (χ3n) is 10.6. The molecule has 0 aliphatic heterocycles. The number of aliphatic hydroxyl groups is 1. The summed E-state index contributed by atoms with van der Waals surface area (Å²) in [5.74, 6) is 2.76. The molecule has 0 aromatic carbocycles. The average molecular weight is 419 g/mol. The van der Waals surface area contributed by atoms with Crippen molar-refractivity contribution in [1.82, 2.24) is 0 Å². The predicted molar refractivity (Wildman–Crippen MR) is 117 cm³/mol. The molecule has 4 rings (SSSR count). The first-order chi connectivity index (χ1) is 14.2. The maximum atomic E-state index is 13.9. The third kappa shape index (κ3) is 3.19. The number of hydrogen-bond donors (Lipinski definition) is 1. The standard InChI is InChI=1S/C26H42O4/c1-6-17-21-14-16(27)9-11-26(21,4)20-10-12-25(3)18(15(2)13-22(28)30-5)7-8-19(25)23(20)24(17)29/h15-21,23,27H,6-14H2,1-5H3. The molecule has 4 nitrogen and oxygen atoms in total. The van der Waals surface area contributed by atoms with Gasteiger partial charge in [-0.3, -0.25) is 9.59 Å². The van der Waals surface area contributed by atoms with Crippen LogP contribution in [0.2, 0.25) is 0 Å². The lowest BCUT2D eigenvalue weighted by atomic mass is 9.42. The minimum Gasteiger partial charge on any atom is -0.469 e. The minimum absolute atomic E-state index is 0.111. The highest BCUT2D eigenvalue weighted by Crippen LogP contribution is 2.68. The van der Waals surface area contributed by atoms with E-state index in [0.29, 0.717) is 41.8 Å². The van der Waals surface area contributed by atoms with Crippen LogP contribution in [-0.4, -0.2) is 30.1 Å². The van der Waals surface area contributed by atoms with E-state index in [0.717, 1.165) is 44.9 Å². The molecule has 170 valence electrons. The molecule has 4 aliphatic carbocycles. The van der Waals surface area contributed by atoms with Crippen molar-refractivity contribution in [1.29, 1.82) is 0 Å². The van der Waals surface area contributed by atoms with Gasteiger partial charge in [0.25, 0.3) is 0 Å². The normalized spacial score (nSPS) is 49.0. The Morgan fingerprint density at radius 3 is 2.43 bits per heavy atom. The van der Waals surface area contributed by atoms with Gasteiger partial charge in [0.05, 0.1) is 13.2 Å². The monoisotopic (exact) mass is 418 g/mol. The fourth-order valence-electron chi connectivity index (χ4n) is 9.10. The maximum Gasteiger partial charge on any atom is 0.305 e. The number of carbonyl (C=O) groups is 2. The zero-order valence-electron chi connectivity index (χ0n) is 19.7. The summed E-state index contributed by atoms with van der Waals surface area (Å²) in [4.78, 5) is 25.9. The number of carbonyl (C=O) groups excluding carboxylic acids is 2. The highest BCUT2D eigenvalue weighted by molar-refractivity contribution is 5.86. The molecule has 0 aromatic heterocycles. The fraction of sp³-hybridized carbons (Fsp3) is 0.923. The summed E-state index contributed by atoms with van der Waals surface area (Å²) in [6.07, 6.45) is 8.48. The van der Waals surface area contributed by atoms with Crippen LogP contribution in [0.5, 0.6) is 0 Å². The molecule has 0 radical (unpaired) electrons. The zero-order chi connectivity index (χ0) is 21.8. The summed E-state index contributed by atoms with van der Waals surface area (Å²) >= 11 is 0. The second kappa shape index (κ2) is 7.90. The van der Waals surface area contributed by atoms with E-state index < -0.39 is 0 Å². The number of hydrogen-bond acceptors (Lipinski definition) is 4. The summed E-state index contributed by atoms with van der Waals surface area (Å²) in [6.45, 7) is 9.25. The molecule has 0 heterocycles. The quantitative estimate of drug-likeness (QED) is 0.651. The van der Waals surface area contributed by atoms with E-state index in [1.807, 2.05) is 0 Å². The van der Waals surface area contributed by atoms with Gasteiger partial charge in [0.1, 0.15) is 5.78 Å². The van der Waals surface area contributed by atoms with Gasteiger partial charge in [0, 0.05) is 18.3 Å². The maximum absolute atomic E-state index is 13.9. The number of fused-ring (bicyclic) bond motifs is 5. The van der Waals surface area contributed by atoms with Gasteiger partial charge in [-0.2, -0.15) is 0 Å². The third-order valence-corrected chi connectivity index (χ3v) is 10.6. The van der Waals surface area contributed by atoms with Gasteiger partial charge < -0.3 is 9.84 Å². The van der Waals surface area contributed by atoms with Crippen LogP contribution in [-0.2, 0) is 14.3 Å². The van der Waals surface area contributed by atoms with Gasteiger partial charge in [0.15, 0.2) is 0 Å². The van der Waals surface area contributed by atoms with E-state index in [1.54, 1.807) is 0 Å². The summed E-state index contributed by atoms with van der Waals surface area (Å²) in [5, 5.41) is 10.4. The highest BCUT2D eigenvalue weighted by atomic mass is 16.5. The average Bonchev–Trinajstić information content (AvgIpc) is 3.06. The van der Waals surface area contributed by atoms with Gasteiger partial charge >= 0.3 is 5.97 Å². The number of ketones is 1. The minimum atomic E-state index is -0.231. The first-order valence-corrected chi connectivity index (χ1v) is 12.5. The zero-order valence-corrected chi connectivity index (χ0v) is 19.7. The first kappa shape index (κ1) is 22.3. The molecule has 4 saturated carbocycles. The van der Waals surface area contributed by atoms with E-state index in [1.165, 1.54) is 13.5 Å². The molecule has 0 aromatic rings. The van der Waals surface area contributed by atoms with Crippen molar-refractivity contribution in [2.24, 2.45) is 52.3 Å². The molecule has 4 heteroatoms. The Kier molecular flexibility index (Phi) is 5.87. The molecule has 0 bridgehead atoms.